The van der Waals surface area contributed by atoms with Crippen molar-refractivity contribution in [3.63, 3.8) is 0 Å². The van der Waals surface area contributed by atoms with E-state index < -0.39 is 6.10 Å². The summed E-state index contributed by atoms with van der Waals surface area (Å²) in [6.45, 7) is 8.13. The zero-order chi connectivity index (χ0) is 15.4. The molecule has 1 saturated heterocycles. The molecule has 1 N–H and O–H groups in total. The monoisotopic (exact) mass is 311 g/mol. The van der Waals surface area contributed by atoms with E-state index in [1.54, 1.807) is 6.92 Å². The van der Waals surface area contributed by atoms with Gasteiger partial charge in [0, 0.05) is 39.3 Å². The highest BCUT2D eigenvalue weighted by Gasteiger charge is 2.19. The van der Waals surface area contributed by atoms with E-state index in [0.29, 0.717) is 0 Å². The summed E-state index contributed by atoms with van der Waals surface area (Å²) in [6, 6.07) is 5.87. The lowest BCUT2D eigenvalue weighted by atomic mass is 10.1. The van der Waals surface area contributed by atoms with Crippen LogP contribution in [0.25, 0.3) is 0 Å². The molecule has 0 bridgehead atoms. The number of benzene rings is 1. The smallest absolute Gasteiger partial charge is 0.0762 e. The molecule has 118 valence electrons. The van der Waals surface area contributed by atoms with E-state index in [2.05, 4.69) is 28.8 Å². The first-order valence-electron chi connectivity index (χ1n) is 7.57. The van der Waals surface area contributed by atoms with Crippen LogP contribution < -0.4 is 4.90 Å². The lowest BCUT2D eigenvalue weighted by Crippen LogP contribution is -2.48. The molecule has 0 unspecified atom stereocenters. The molecule has 0 radical (unpaired) electrons. The molecule has 1 aromatic carbocycles. The minimum Gasteiger partial charge on any atom is -0.389 e. The van der Waals surface area contributed by atoms with Gasteiger partial charge in [0.1, 0.15) is 0 Å². The van der Waals surface area contributed by atoms with Crippen LogP contribution in [-0.4, -0.2) is 68.3 Å². The van der Waals surface area contributed by atoms with Crippen LogP contribution in [0.4, 0.5) is 5.69 Å². The van der Waals surface area contributed by atoms with Crippen molar-refractivity contribution >= 4 is 17.3 Å². The van der Waals surface area contributed by atoms with E-state index >= 15 is 0 Å². The Kier molecular flexibility index (Phi) is 5.88. The maximum atomic E-state index is 9.61. The van der Waals surface area contributed by atoms with Crippen LogP contribution in [0.1, 0.15) is 18.6 Å². The first-order valence-corrected chi connectivity index (χ1v) is 7.94. The molecule has 1 fully saturated rings. The Labute approximate surface area is 132 Å². The Morgan fingerprint density at radius 1 is 1.24 bits per heavy atom. The number of rotatable bonds is 5. The van der Waals surface area contributed by atoms with Gasteiger partial charge in [-0.2, -0.15) is 0 Å². The number of likely N-dealkylation sites (N-methyl/N-ethyl adjacent to an activating group) is 1. The van der Waals surface area contributed by atoms with E-state index in [1.807, 2.05) is 18.2 Å². The van der Waals surface area contributed by atoms with Crippen molar-refractivity contribution < 1.29 is 5.11 Å². The van der Waals surface area contributed by atoms with E-state index in [9.17, 15) is 5.11 Å². The van der Waals surface area contributed by atoms with Gasteiger partial charge in [0.05, 0.1) is 16.8 Å². The summed E-state index contributed by atoms with van der Waals surface area (Å²) in [5, 5.41) is 10.3. The molecule has 1 aliphatic rings. The van der Waals surface area contributed by atoms with Crippen molar-refractivity contribution in [3.05, 3.63) is 28.8 Å². The number of hydrogen-bond donors (Lipinski definition) is 1. The van der Waals surface area contributed by atoms with Crippen molar-refractivity contribution in [2.24, 2.45) is 0 Å². The number of piperazine rings is 1. The Bertz CT molecular complexity index is 457. The topological polar surface area (TPSA) is 30.0 Å². The summed E-state index contributed by atoms with van der Waals surface area (Å²) in [5.74, 6) is 0. The normalized spacial score (nSPS) is 18.3. The Hall–Kier alpha value is -0.810. The summed E-state index contributed by atoms with van der Waals surface area (Å²) in [6.07, 6.45) is -0.473. The third kappa shape index (κ3) is 4.58. The molecule has 0 amide bonds. The largest absolute Gasteiger partial charge is 0.389 e. The molecule has 1 atom stereocenters. The summed E-state index contributed by atoms with van der Waals surface area (Å²) < 4.78 is 0. The molecule has 0 aromatic heterocycles. The fourth-order valence-electron chi connectivity index (χ4n) is 2.59. The van der Waals surface area contributed by atoms with E-state index in [1.165, 1.54) is 0 Å². The highest BCUT2D eigenvalue weighted by Crippen LogP contribution is 2.29. The number of aliphatic hydroxyl groups excluding tert-OH is 1. The molecule has 1 aliphatic heterocycles. The Morgan fingerprint density at radius 2 is 1.90 bits per heavy atom. The first kappa shape index (κ1) is 16.6. The molecule has 4 nitrogen and oxygen atoms in total. The molecule has 0 saturated carbocycles. The van der Waals surface area contributed by atoms with Gasteiger partial charge in [-0.15, -0.1) is 0 Å². The molecule has 1 heterocycles. The van der Waals surface area contributed by atoms with Gasteiger partial charge in [-0.05, 0) is 38.7 Å². The van der Waals surface area contributed by atoms with E-state index in [0.717, 1.165) is 55.5 Å². The molecule has 21 heavy (non-hydrogen) atoms. The molecule has 5 heteroatoms. The van der Waals surface area contributed by atoms with Crippen molar-refractivity contribution in [1.29, 1.82) is 0 Å². The fraction of sp³-hybridized carbons (Fsp3) is 0.625. The van der Waals surface area contributed by atoms with Crippen molar-refractivity contribution in [3.8, 4) is 0 Å². The number of hydrogen-bond acceptors (Lipinski definition) is 4. The van der Waals surface area contributed by atoms with Crippen LogP contribution in [0.5, 0.6) is 0 Å². The summed E-state index contributed by atoms with van der Waals surface area (Å²) in [4.78, 5) is 7.05. The van der Waals surface area contributed by atoms with Gasteiger partial charge in [0.25, 0.3) is 0 Å². The van der Waals surface area contributed by atoms with Crippen LogP contribution in [0.15, 0.2) is 18.2 Å². The number of anilines is 1. The quantitative estimate of drug-likeness (QED) is 0.902. The Morgan fingerprint density at radius 3 is 2.43 bits per heavy atom. The van der Waals surface area contributed by atoms with Gasteiger partial charge in [-0.25, -0.2) is 0 Å². The third-order valence-corrected chi connectivity index (χ3v) is 4.33. The zero-order valence-electron chi connectivity index (χ0n) is 13.2. The maximum Gasteiger partial charge on any atom is 0.0762 e. The van der Waals surface area contributed by atoms with Gasteiger partial charge < -0.3 is 14.9 Å². The minimum atomic E-state index is -0.473. The molecule has 1 aromatic rings. The predicted octanol–water partition coefficient (Wildman–Crippen LogP) is 2.08. The molecule has 2 rings (SSSR count). The fourth-order valence-corrected chi connectivity index (χ4v) is 2.90. The molecular formula is C16H26ClN3O. The van der Waals surface area contributed by atoms with Crippen LogP contribution in [0.3, 0.4) is 0 Å². The van der Waals surface area contributed by atoms with Gasteiger partial charge in [0.2, 0.25) is 0 Å². The summed E-state index contributed by atoms with van der Waals surface area (Å²) in [5.41, 5.74) is 1.95. The number of aliphatic hydroxyl groups is 1. The molecule has 0 aliphatic carbocycles. The maximum absolute atomic E-state index is 9.61. The number of nitrogens with zero attached hydrogens (tertiary/aromatic N) is 3. The second-order valence-electron chi connectivity index (χ2n) is 6.02. The van der Waals surface area contributed by atoms with Crippen LogP contribution >= 0.6 is 11.6 Å². The van der Waals surface area contributed by atoms with E-state index in [-0.39, 0.29) is 0 Å². The van der Waals surface area contributed by atoms with Crippen molar-refractivity contribution in [1.82, 2.24) is 9.80 Å². The van der Waals surface area contributed by atoms with Crippen LogP contribution in [-0.2, 0) is 0 Å². The summed E-state index contributed by atoms with van der Waals surface area (Å²) in [7, 11) is 4.22. The van der Waals surface area contributed by atoms with Crippen LogP contribution in [0, 0.1) is 0 Å². The van der Waals surface area contributed by atoms with Gasteiger partial charge in [-0.1, -0.05) is 17.7 Å². The average Bonchev–Trinajstić information content (AvgIpc) is 2.45. The molecule has 0 spiro atoms. The van der Waals surface area contributed by atoms with Crippen LogP contribution in [0.2, 0.25) is 5.02 Å². The lowest BCUT2D eigenvalue weighted by molar-refractivity contribution is 0.199. The Balaban J connectivity index is 1.93. The number of halogens is 1. The van der Waals surface area contributed by atoms with Crippen molar-refractivity contribution in [2.45, 2.75) is 13.0 Å². The minimum absolute atomic E-state index is 0.473. The predicted molar refractivity (Wildman–Crippen MR) is 89.3 cm³/mol. The van der Waals surface area contributed by atoms with Crippen molar-refractivity contribution in [2.75, 3.05) is 58.3 Å². The van der Waals surface area contributed by atoms with Gasteiger partial charge in [0.15, 0.2) is 0 Å². The third-order valence-electron chi connectivity index (χ3n) is 4.03. The molecular weight excluding hydrogens is 286 g/mol. The van der Waals surface area contributed by atoms with Gasteiger partial charge in [-0.3, -0.25) is 4.90 Å². The SMILES string of the molecule is C[C@H](O)c1ccc(N2CCN(CCN(C)C)CC2)c(Cl)c1. The highest BCUT2D eigenvalue weighted by molar-refractivity contribution is 6.33. The summed E-state index contributed by atoms with van der Waals surface area (Å²) >= 11 is 6.37. The van der Waals surface area contributed by atoms with Gasteiger partial charge >= 0.3 is 0 Å². The lowest BCUT2D eigenvalue weighted by Gasteiger charge is -2.37. The van der Waals surface area contributed by atoms with E-state index in [4.69, 9.17) is 11.6 Å². The highest BCUT2D eigenvalue weighted by atomic mass is 35.5. The average molecular weight is 312 g/mol. The first-order chi connectivity index (χ1) is 9.97. The second kappa shape index (κ2) is 7.45. The second-order valence-corrected chi connectivity index (χ2v) is 6.43. The standard InChI is InChI=1S/C16H26ClN3O/c1-13(21)14-4-5-16(15(17)12-14)20-10-8-19(9-11-20)7-6-18(2)3/h4-5,12-13,21H,6-11H2,1-3H3/t13-/m0/s1. The zero-order valence-corrected chi connectivity index (χ0v) is 14.0.